The highest BCUT2D eigenvalue weighted by Gasteiger charge is 2.21. The summed E-state index contributed by atoms with van der Waals surface area (Å²) in [5, 5.41) is 5.85. The standard InChI is InChI=1S/C15H25N3O3S/c1-4-9-16-10-11-17-15(19)13(3)18-22(20,21)14-7-5-12(2)6-8-14/h5-8,13,16,18H,4,9-11H2,1-3H3,(H,17,19). The highest BCUT2D eigenvalue weighted by molar-refractivity contribution is 7.89. The highest BCUT2D eigenvalue weighted by Crippen LogP contribution is 2.10. The van der Waals surface area contributed by atoms with Crippen LogP contribution in [0.2, 0.25) is 0 Å². The van der Waals surface area contributed by atoms with Crippen LogP contribution in [0, 0.1) is 6.92 Å². The van der Waals surface area contributed by atoms with Gasteiger partial charge in [-0.2, -0.15) is 4.72 Å². The number of carbonyl (C=O) groups excluding carboxylic acids is 1. The van der Waals surface area contributed by atoms with Crippen LogP contribution in [0.1, 0.15) is 25.8 Å². The molecular weight excluding hydrogens is 302 g/mol. The topological polar surface area (TPSA) is 87.3 Å². The molecule has 22 heavy (non-hydrogen) atoms. The zero-order valence-electron chi connectivity index (χ0n) is 13.3. The third-order valence-electron chi connectivity index (χ3n) is 3.08. The van der Waals surface area contributed by atoms with E-state index in [1.807, 2.05) is 6.92 Å². The van der Waals surface area contributed by atoms with E-state index in [0.29, 0.717) is 13.1 Å². The fourth-order valence-electron chi connectivity index (χ4n) is 1.80. The molecule has 1 aromatic rings. The van der Waals surface area contributed by atoms with Gasteiger partial charge in [-0.3, -0.25) is 4.79 Å². The molecule has 0 radical (unpaired) electrons. The number of amides is 1. The predicted molar refractivity (Wildman–Crippen MR) is 87.1 cm³/mol. The quantitative estimate of drug-likeness (QED) is 0.585. The van der Waals surface area contributed by atoms with Gasteiger partial charge in [0.2, 0.25) is 15.9 Å². The van der Waals surface area contributed by atoms with E-state index in [1.54, 1.807) is 12.1 Å². The Morgan fingerprint density at radius 1 is 1.14 bits per heavy atom. The van der Waals surface area contributed by atoms with E-state index in [-0.39, 0.29) is 10.8 Å². The van der Waals surface area contributed by atoms with Gasteiger partial charge in [-0.25, -0.2) is 8.42 Å². The highest BCUT2D eigenvalue weighted by atomic mass is 32.2. The van der Waals surface area contributed by atoms with E-state index in [0.717, 1.165) is 18.5 Å². The third kappa shape index (κ3) is 6.13. The lowest BCUT2D eigenvalue weighted by atomic mass is 10.2. The summed E-state index contributed by atoms with van der Waals surface area (Å²) in [5.41, 5.74) is 0.976. The molecule has 0 bridgehead atoms. The molecule has 1 aromatic carbocycles. The van der Waals surface area contributed by atoms with Crippen molar-refractivity contribution in [2.24, 2.45) is 0 Å². The zero-order valence-corrected chi connectivity index (χ0v) is 14.2. The molecule has 1 amide bonds. The van der Waals surface area contributed by atoms with Crippen molar-refractivity contribution in [1.29, 1.82) is 0 Å². The van der Waals surface area contributed by atoms with Crippen LogP contribution < -0.4 is 15.4 Å². The van der Waals surface area contributed by atoms with Gasteiger partial charge in [0.15, 0.2) is 0 Å². The summed E-state index contributed by atoms with van der Waals surface area (Å²) in [6, 6.07) is 5.67. The minimum absolute atomic E-state index is 0.155. The van der Waals surface area contributed by atoms with Gasteiger partial charge in [-0.05, 0) is 38.9 Å². The summed E-state index contributed by atoms with van der Waals surface area (Å²) in [5.74, 6) is -0.339. The van der Waals surface area contributed by atoms with Crippen molar-refractivity contribution in [3.8, 4) is 0 Å². The van der Waals surface area contributed by atoms with Crippen molar-refractivity contribution in [1.82, 2.24) is 15.4 Å². The first-order valence-corrected chi connectivity index (χ1v) is 8.92. The van der Waals surface area contributed by atoms with Gasteiger partial charge >= 0.3 is 0 Å². The number of aryl methyl sites for hydroxylation is 1. The molecule has 0 saturated carbocycles. The van der Waals surface area contributed by atoms with Gasteiger partial charge in [0.1, 0.15) is 0 Å². The molecule has 7 heteroatoms. The number of benzene rings is 1. The van der Waals surface area contributed by atoms with Gasteiger partial charge in [0.25, 0.3) is 0 Å². The van der Waals surface area contributed by atoms with Crippen LogP contribution in [0.3, 0.4) is 0 Å². The molecule has 0 spiro atoms. The summed E-state index contributed by atoms with van der Waals surface area (Å²) < 4.78 is 26.7. The van der Waals surface area contributed by atoms with Crippen LogP contribution in [-0.2, 0) is 14.8 Å². The predicted octanol–water partition coefficient (Wildman–Crippen LogP) is 0.778. The van der Waals surface area contributed by atoms with E-state index < -0.39 is 16.1 Å². The molecule has 0 aromatic heterocycles. The minimum Gasteiger partial charge on any atom is -0.353 e. The number of carbonyl (C=O) groups is 1. The normalized spacial score (nSPS) is 12.9. The molecule has 1 rings (SSSR count). The molecule has 0 aliphatic carbocycles. The SMILES string of the molecule is CCCNCCNC(=O)C(C)NS(=O)(=O)c1ccc(C)cc1. The minimum atomic E-state index is -3.69. The van der Waals surface area contributed by atoms with Gasteiger partial charge in [-0.1, -0.05) is 24.6 Å². The van der Waals surface area contributed by atoms with E-state index in [2.05, 4.69) is 22.3 Å². The lowest BCUT2D eigenvalue weighted by Gasteiger charge is -2.14. The van der Waals surface area contributed by atoms with Gasteiger partial charge < -0.3 is 10.6 Å². The summed E-state index contributed by atoms with van der Waals surface area (Å²) in [7, 11) is -3.69. The lowest BCUT2D eigenvalue weighted by Crippen LogP contribution is -2.46. The fourth-order valence-corrected chi connectivity index (χ4v) is 3.00. The molecule has 6 nitrogen and oxygen atoms in total. The van der Waals surface area contributed by atoms with Crippen molar-refractivity contribution < 1.29 is 13.2 Å². The second kappa shape index (κ2) is 8.87. The molecule has 0 fully saturated rings. The average molecular weight is 327 g/mol. The van der Waals surface area contributed by atoms with E-state index in [4.69, 9.17) is 0 Å². The summed E-state index contributed by atoms with van der Waals surface area (Å²) in [6.07, 6.45) is 1.03. The molecule has 0 aliphatic rings. The first-order valence-electron chi connectivity index (χ1n) is 7.44. The fraction of sp³-hybridized carbons (Fsp3) is 0.533. The van der Waals surface area contributed by atoms with E-state index in [9.17, 15) is 13.2 Å². The Morgan fingerprint density at radius 3 is 2.36 bits per heavy atom. The lowest BCUT2D eigenvalue weighted by molar-refractivity contribution is -0.122. The largest absolute Gasteiger partial charge is 0.353 e. The van der Waals surface area contributed by atoms with Crippen LogP contribution in [-0.4, -0.2) is 40.0 Å². The first-order chi connectivity index (χ1) is 10.4. The Bertz CT molecular complexity index is 570. The van der Waals surface area contributed by atoms with Crippen molar-refractivity contribution in [2.45, 2.75) is 38.1 Å². The summed E-state index contributed by atoms with van der Waals surface area (Å²) >= 11 is 0. The van der Waals surface area contributed by atoms with Crippen molar-refractivity contribution in [3.05, 3.63) is 29.8 Å². The third-order valence-corrected chi connectivity index (χ3v) is 4.64. The van der Waals surface area contributed by atoms with E-state index >= 15 is 0 Å². The van der Waals surface area contributed by atoms with Gasteiger partial charge in [0.05, 0.1) is 10.9 Å². The van der Waals surface area contributed by atoms with Gasteiger partial charge in [0, 0.05) is 13.1 Å². The monoisotopic (exact) mass is 327 g/mol. The molecule has 0 saturated heterocycles. The maximum Gasteiger partial charge on any atom is 0.241 e. The maximum absolute atomic E-state index is 12.2. The van der Waals surface area contributed by atoms with Gasteiger partial charge in [-0.15, -0.1) is 0 Å². The molecule has 3 N–H and O–H groups in total. The second-order valence-corrected chi connectivity index (χ2v) is 6.91. The zero-order chi connectivity index (χ0) is 16.6. The van der Waals surface area contributed by atoms with E-state index in [1.165, 1.54) is 19.1 Å². The molecular formula is C15H25N3O3S. The van der Waals surface area contributed by atoms with Crippen LogP contribution in [0.15, 0.2) is 29.2 Å². The van der Waals surface area contributed by atoms with Crippen molar-refractivity contribution in [2.75, 3.05) is 19.6 Å². The molecule has 0 heterocycles. The van der Waals surface area contributed by atoms with Crippen LogP contribution >= 0.6 is 0 Å². The number of hydrogen-bond acceptors (Lipinski definition) is 4. The second-order valence-electron chi connectivity index (χ2n) is 5.20. The molecule has 124 valence electrons. The number of rotatable bonds is 9. The Balaban J connectivity index is 2.50. The Hall–Kier alpha value is -1.44. The number of nitrogens with one attached hydrogen (secondary N) is 3. The van der Waals surface area contributed by atoms with Crippen LogP contribution in [0.5, 0.6) is 0 Å². The van der Waals surface area contributed by atoms with Crippen molar-refractivity contribution >= 4 is 15.9 Å². The Labute approximate surface area is 132 Å². The maximum atomic E-state index is 12.2. The van der Waals surface area contributed by atoms with Crippen molar-refractivity contribution in [3.63, 3.8) is 0 Å². The number of hydrogen-bond donors (Lipinski definition) is 3. The molecule has 1 atom stereocenters. The van der Waals surface area contributed by atoms with Crippen LogP contribution in [0.4, 0.5) is 0 Å². The molecule has 1 unspecified atom stereocenters. The Kier molecular flexibility index (Phi) is 7.50. The Morgan fingerprint density at radius 2 is 1.77 bits per heavy atom. The summed E-state index contributed by atoms with van der Waals surface area (Å²) in [6.45, 7) is 7.50. The molecule has 0 aliphatic heterocycles. The first kappa shape index (κ1) is 18.6. The number of sulfonamides is 1. The summed E-state index contributed by atoms with van der Waals surface area (Å²) in [4.78, 5) is 12.0. The van der Waals surface area contributed by atoms with Crippen LogP contribution in [0.25, 0.3) is 0 Å². The average Bonchev–Trinajstić information content (AvgIpc) is 2.46. The smallest absolute Gasteiger partial charge is 0.241 e.